The molecule has 0 spiro atoms. The van der Waals surface area contributed by atoms with Crippen LogP contribution in [0.4, 0.5) is 17.1 Å². The second-order valence-corrected chi connectivity index (χ2v) is 14.2. The van der Waals surface area contributed by atoms with Gasteiger partial charge in [-0.25, -0.2) is 0 Å². The van der Waals surface area contributed by atoms with Crippen LogP contribution in [-0.2, 0) is 0 Å². The van der Waals surface area contributed by atoms with E-state index < -0.39 is 0 Å². The van der Waals surface area contributed by atoms with E-state index in [1.54, 1.807) is 0 Å². The lowest BCUT2D eigenvalue weighted by molar-refractivity contribution is 1.18. The molecule has 2 heteroatoms. The molecule has 1 heterocycles. The number of hydrogen-bond acceptors (Lipinski definition) is 1. The van der Waals surface area contributed by atoms with Crippen LogP contribution in [0, 0.1) is 0 Å². The largest absolute Gasteiger partial charge is 0.310 e. The summed E-state index contributed by atoms with van der Waals surface area (Å²) in [4.78, 5) is 2.42. The number of benzene rings is 10. The van der Waals surface area contributed by atoms with E-state index >= 15 is 0 Å². The molecule has 0 amide bonds. The smallest absolute Gasteiger partial charge is 0.0547 e. The van der Waals surface area contributed by atoms with E-state index in [0.717, 1.165) is 22.7 Å². The number of nitrogens with zero attached hydrogens (tertiary/aromatic N) is 2. The molecular formula is C52H34N2. The first kappa shape index (κ1) is 30.5. The first-order valence-electron chi connectivity index (χ1n) is 18.6. The normalized spacial score (nSPS) is 11.7. The number of para-hydroxylation sites is 1. The van der Waals surface area contributed by atoms with Gasteiger partial charge in [0.15, 0.2) is 0 Å². The summed E-state index contributed by atoms with van der Waals surface area (Å²) >= 11 is 0. The summed E-state index contributed by atoms with van der Waals surface area (Å²) in [5.74, 6) is 0. The minimum absolute atomic E-state index is 1.10. The van der Waals surface area contributed by atoms with Crippen molar-refractivity contribution in [1.29, 1.82) is 0 Å². The molecule has 0 aliphatic carbocycles. The van der Waals surface area contributed by atoms with E-state index in [9.17, 15) is 0 Å². The zero-order chi connectivity index (χ0) is 35.6. The molecule has 0 N–H and O–H groups in total. The van der Waals surface area contributed by atoms with Gasteiger partial charge >= 0.3 is 0 Å². The molecule has 0 aliphatic rings. The third-order valence-electron chi connectivity index (χ3n) is 11.1. The van der Waals surface area contributed by atoms with Crippen LogP contribution in [0.1, 0.15) is 0 Å². The Morgan fingerprint density at radius 2 is 0.833 bits per heavy atom. The molecule has 1 aromatic heterocycles. The van der Waals surface area contributed by atoms with E-state index in [-0.39, 0.29) is 0 Å². The number of fused-ring (bicyclic) bond motifs is 8. The van der Waals surface area contributed by atoms with Crippen LogP contribution in [0.15, 0.2) is 206 Å². The zero-order valence-electron chi connectivity index (χ0n) is 29.5. The average molecular weight is 687 g/mol. The van der Waals surface area contributed by atoms with E-state index in [2.05, 4.69) is 216 Å². The third kappa shape index (κ3) is 4.88. The molecule has 252 valence electrons. The van der Waals surface area contributed by atoms with Gasteiger partial charge in [0.25, 0.3) is 0 Å². The zero-order valence-corrected chi connectivity index (χ0v) is 29.5. The van der Waals surface area contributed by atoms with Gasteiger partial charge in [0, 0.05) is 33.2 Å². The molecule has 10 aromatic carbocycles. The Kier molecular flexibility index (Phi) is 6.90. The molecule has 0 aliphatic heterocycles. The van der Waals surface area contributed by atoms with Crippen molar-refractivity contribution < 1.29 is 0 Å². The molecular weight excluding hydrogens is 653 g/mol. The predicted octanol–water partition coefficient (Wildman–Crippen LogP) is 14.5. The van der Waals surface area contributed by atoms with Gasteiger partial charge in [-0.3, -0.25) is 0 Å². The molecule has 11 aromatic rings. The summed E-state index contributed by atoms with van der Waals surface area (Å²) in [5.41, 5.74) is 9.32. The number of aromatic nitrogens is 1. The lowest BCUT2D eigenvalue weighted by Gasteiger charge is -2.28. The quantitative estimate of drug-likeness (QED) is 0.164. The highest BCUT2D eigenvalue weighted by atomic mass is 15.1. The van der Waals surface area contributed by atoms with Crippen LogP contribution in [0.25, 0.3) is 81.7 Å². The lowest BCUT2D eigenvalue weighted by atomic mass is 9.98. The monoisotopic (exact) mass is 686 g/mol. The highest BCUT2D eigenvalue weighted by Gasteiger charge is 2.19. The molecule has 0 atom stereocenters. The molecule has 0 saturated heterocycles. The molecule has 0 bridgehead atoms. The topological polar surface area (TPSA) is 8.17 Å². The second kappa shape index (κ2) is 12.2. The summed E-state index contributed by atoms with van der Waals surface area (Å²) in [6, 6.07) is 75.4. The van der Waals surface area contributed by atoms with Crippen molar-refractivity contribution in [3.63, 3.8) is 0 Å². The second-order valence-electron chi connectivity index (χ2n) is 14.2. The Morgan fingerprint density at radius 1 is 0.296 bits per heavy atom. The summed E-state index contributed by atoms with van der Waals surface area (Å²) in [6.45, 7) is 0. The van der Waals surface area contributed by atoms with E-state index in [1.807, 2.05) is 0 Å². The third-order valence-corrected chi connectivity index (χ3v) is 11.1. The van der Waals surface area contributed by atoms with Gasteiger partial charge in [-0.2, -0.15) is 0 Å². The molecule has 0 radical (unpaired) electrons. The van der Waals surface area contributed by atoms with Gasteiger partial charge in [-0.1, -0.05) is 140 Å². The minimum atomic E-state index is 1.10. The average Bonchev–Trinajstić information content (AvgIpc) is 3.56. The van der Waals surface area contributed by atoms with Gasteiger partial charge in [0.2, 0.25) is 0 Å². The fourth-order valence-electron chi connectivity index (χ4n) is 8.50. The number of anilines is 3. The van der Waals surface area contributed by atoms with Gasteiger partial charge in [0.05, 0.1) is 16.7 Å². The van der Waals surface area contributed by atoms with Crippen LogP contribution >= 0.6 is 0 Å². The van der Waals surface area contributed by atoms with Gasteiger partial charge in [0.1, 0.15) is 0 Å². The first-order valence-corrected chi connectivity index (χ1v) is 18.6. The Balaban J connectivity index is 1.09. The summed E-state index contributed by atoms with van der Waals surface area (Å²) in [5, 5.41) is 12.5. The molecule has 11 rings (SSSR count). The Hall–Kier alpha value is -7.16. The van der Waals surface area contributed by atoms with Crippen LogP contribution in [0.5, 0.6) is 0 Å². The minimum Gasteiger partial charge on any atom is -0.310 e. The molecule has 0 saturated carbocycles. The maximum Gasteiger partial charge on any atom is 0.0547 e. The van der Waals surface area contributed by atoms with E-state index in [1.165, 1.54) is 76.0 Å². The highest BCUT2D eigenvalue weighted by Crippen LogP contribution is 2.43. The number of hydrogen-bond donors (Lipinski definition) is 0. The van der Waals surface area contributed by atoms with Gasteiger partial charge in [-0.05, 0) is 116 Å². The van der Waals surface area contributed by atoms with E-state index in [0.29, 0.717) is 0 Å². The SMILES string of the molecule is c1ccc2cc(-c3ccc(N(c4ccc(-n5c6ccccc6c6cc7ccccc7cc65)cc4)c4cc5ccccc5c5ccccc45)cc3)ccc2c1. The maximum atomic E-state index is 2.42. The molecule has 2 nitrogen and oxygen atoms in total. The van der Waals surface area contributed by atoms with Crippen LogP contribution in [0.2, 0.25) is 0 Å². The van der Waals surface area contributed by atoms with Crippen molar-refractivity contribution in [2.24, 2.45) is 0 Å². The Labute approximate surface area is 313 Å². The van der Waals surface area contributed by atoms with Crippen molar-refractivity contribution in [2.45, 2.75) is 0 Å². The van der Waals surface area contributed by atoms with Crippen molar-refractivity contribution in [3.8, 4) is 16.8 Å². The fourth-order valence-corrected chi connectivity index (χ4v) is 8.50. The Bertz CT molecular complexity index is 3210. The Morgan fingerprint density at radius 3 is 1.57 bits per heavy atom. The molecule has 54 heavy (non-hydrogen) atoms. The van der Waals surface area contributed by atoms with Crippen molar-refractivity contribution >= 4 is 82.0 Å². The van der Waals surface area contributed by atoms with Crippen molar-refractivity contribution in [2.75, 3.05) is 4.90 Å². The first-order chi connectivity index (χ1) is 26.8. The summed E-state index contributed by atoms with van der Waals surface area (Å²) in [7, 11) is 0. The summed E-state index contributed by atoms with van der Waals surface area (Å²) < 4.78 is 2.41. The molecule has 0 unspecified atom stereocenters. The van der Waals surface area contributed by atoms with Crippen LogP contribution in [-0.4, -0.2) is 4.57 Å². The fraction of sp³-hybridized carbons (Fsp3) is 0. The highest BCUT2D eigenvalue weighted by molar-refractivity contribution is 6.15. The van der Waals surface area contributed by atoms with Gasteiger partial charge in [-0.15, -0.1) is 0 Å². The van der Waals surface area contributed by atoms with Crippen molar-refractivity contribution in [1.82, 2.24) is 4.57 Å². The standard InChI is InChI=1S/C52H34N2/c1-2-12-37-31-40(22-21-35(37)11-1)36-23-25-42(26-24-36)53(51-34-41-15-5-6-16-45(41)46-17-7-8-18-47(46)51)43-27-29-44(30-28-43)54-50-20-10-9-19-48(50)49-32-38-13-3-4-14-39(38)33-52(49)54/h1-34H. The number of rotatable bonds is 5. The maximum absolute atomic E-state index is 2.42. The molecule has 0 fully saturated rings. The van der Waals surface area contributed by atoms with Crippen molar-refractivity contribution in [3.05, 3.63) is 206 Å². The van der Waals surface area contributed by atoms with Crippen LogP contribution in [0.3, 0.4) is 0 Å². The van der Waals surface area contributed by atoms with Gasteiger partial charge < -0.3 is 9.47 Å². The van der Waals surface area contributed by atoms with Crippen LogP contribution < -0.4 is 4.90 Å². The summed E-state index contributed by atoms with van der Waals surface area (Å²) in [6.07, 6.45) is 0. The lowest BCUT2D eigenvalue weighted by Crippen LogP contribution is -2.11. The predicted molar refractivity (Wildman–Crippen MR) is 231 cm³/mol. The van der Waals surface area contributed by atoms with E-state index in [4.69, 9.17) is 0 Å².